The second kappa shape index (κ2) is 5.91. The van der Waals surface area contributed by atoms with Crippen molar-refractivity contribution in [3.63, 3.8) is 0 Å². The van der Waals surface area contributed by atoms with Crippen LogP contribution >= 0.6 is 0 Å². The van der Waals surface area contributed by atoms with E-state index in [4.69, 9.17) is 9.47 Å². The maximum atomic E-state index is 12.0. The first-order chi connectivity index (χ1) is 9.69. The van der Waals surface area contributed by atoms with E-state index in [0.717, 1.165) is 0 Å². The van der Waals surface area contributed by atoms with Crippen LogP contribution in [-0.2, 0) is 19.1 Å². The molecule has 0 aliphatic carbocycles. The van der Waals surface area contributed by atoms with Gasteiger partial charge in [-0.25, -0.2) is 28.9 Å². The fraction of sp³-hybridized carbons (Fsp3) is 0.400. The van der Waals surface area contributed by atoms with Gasteiger partial charge in [-0.05, 0) is 0 Å². The molecule has 20 heavy (non-hydrogen) atoms. The number of nitrogens with zero attached hydrogens (tertiary/aromatic N) is 6. The Kier molecular flexibility index (Phi) is 4.03. The predicted octanol–water partition coefficient (Wildman–Crippen LogP) is -1.00. The van der Waals surface area contributed by atoms with E-state index in [1.165, 1.54) is 48.9 Å². The summed E-state index contributed by atoms with van der Waals surface area (Å²) in [5.74, 6) is -1.36. The van der Waals surface area contributed by atoms with Crippen LogP contribution in [0.1, 0.15) is 12.1 Å². The summed E-state index contributed by atoms with van der Waals surface area (Å²) in [6, 6.07) is -2.20. The molecule has 0 saturated carbocycles. The summed E-state index contributed by atoms with van der Waals surface area (Å²) in [6.45, 7) is 0. The van der Waals surface area contributed by atoms with Crippen molar-refractivity contribution < 1.29 is 19.1 Å². The Balaban J connectivity index is 2.47. The van der Waals surface area contributed by atoms with Gasteiger partial charge in [-0.15, -0.1) is 0 Å². The van der Waals surface area contributed by atoms with E-state index in [9.17, 15) is 9.59 Å². The standard InChI is InChI=1S/C10H12N6O4/c1-19-9(17)7(15-5-11-3-13-15)8(10(18)20-2)16-6-12-4-14-16/h3-8H,1-2H3/t7-,8-/m0/s1. The summed E-state index contributed by atoms with van der Waals surface area (Å²) in [5.41, 5.74) is 0. The van der Waals surface area contributed by atoms with Crippen LogP contribution in [0.15, 0.2) is 25.3 Å². The molecule has 10 nitrogen and oxygen atoms in total. The van der Waals surface area contributed by atoms with Gasteiger partial charge >= 0.3 is 11.9 Å². The number of rotatable bonds is 5. The molecule has 0 aromatic carbocycles. The molecular weight excluding hydrogens is 268 g/mol. The fourth-order valence-electron chi connectivity index (χ4n) is 1.73. The monoisotopic (exact) mass is 280 g/mol. The third-order valence-corrected chi connectivity index (χ3v) is 2.63. The van der Waals surface area contributed by atoms with Gasteiger partial charge in [-0.3, -0.25) is 0 Å². The summed E-state index contributed by atoms with van der Waals surface area (Å²) in [5, 5.41) is 7.74. The minimum Gasteiger partial charge on any atom is -0.467 e. The summed E-state index contributed by atoms with van der Waals surface area (Å²) >= 11 is 0. The molecule has 0 fully saturated rings. The lowest BCUT2D eigenvalue weighted by Crippen LogP contribution is -2.36. The Labute approximate surface area is 113 Å². The van der Waals surface area contributed by atoms with Crippen LogP contribution in [-0.4, -0.2) is 55.7 Å². The third kappa shape index (κ3) is 2.48. The van der Waals surface area contributed by atoms with Gasteiger partial charge in [-0.2, -0.15) is 10.2 Å². The first kappa shape index (κ1) is 13.6. The van der Waals surface area contributed by atoms with E-state index in [-0.39, 0.29) is 0 Å². The Hall–Kier alpha value is -2.78. The van der Waals surface area contributed by atoms with Gasteiger partial charge in [0.05, 0.1) is 14.2 Å². The molecule has 0 N–H and O–H groups in total. The van der Waals surface area contributed by atoms with E-state index < -0.39 is 24.0 Å². The molecule has 0 aliphatic heterocycles. The van der Waals surface area contributed by atoms with Gasteiger partial charge in [0.1, 0.15) is 25.3 Å². The zero-order valence-electron chi connectivity index (χ0n) is 10.8. The van der Waals surface area contributed by atoms with Crippen LogP contribution in [0.4, 0.5) is 0 Å². The smallest absolute Gasteiger partial charge is 0.333 e. The maximum absolute atomic E-state index is 12.0. The number of hydrogen-bond acceptors (Lipinski definition) is 8. The second-order valence-electron chi connectivity index (χ2n) is 3.69. The molecule has 0 bridgehead atoms. The lowest BCUT2D eigenvalue weighted by molar-refractivity contribution is -0.156. The Morgan fingerprint density at radius 1 is 0.900 bits per heavy atom. The van der Waals surface area contributed by atoms with Crippen molar-refractivity contribution in [3.8, 4) is 0 Å². The van der Waals surface area contributed by atoms with Gasteiger partial charge in [0.25, 0.3) is 0 Å². The average Bonchev–Trinajstić information content (AvgIpc) is 3.15. The van der Waals surface area contributed by atoms with Crippen molar-refractivity contribution in [1.82, 2.24) is 29.5 Å². The summed E-state index contributed by atoms with van der Waals surface area (Å²) in [7, 11) is 2.42. The highest BCUT2D eigenvalue weighted by Gasteiger charge is 2.39. The average molecular weight is 280 g/mol. The molecule has 0 amide bonds. The molecule has 2 atom stereocenters. The third-order valence-electron chi connectivity index (χ3n) is 2.63. The largest absolute Gasteiger partial charge is 0.467 e. The molecule has 0 unspecified atom stereocenters. The van der Waals surface area contributed by atoms with Crippen molar-refractivity contribution in [2.24, 2.45) is 0 Å². The SMILES string of the molecule is COC(=O)[C@H]([C@@H](C(=O)OC)n1cncn1)n1cncn1. The molecule has 2 aromatic rings. The van der Waals surface area contributed by atoms with Crippen LogP contribution in [0, 0.1) is 0 Å². The number of ether oxygens (including phenoxy) is 2. The van der Waals surface area contributed by atoms with Gasteiger partial charge in [0.2, 0.25) is 0 Å². The first-order valence-electron chi connectivity index (χ1n) is 5.53. The number of aromatic nitrogens is 6. The maximum Gasteiger partial charge on any atom is 0.333 e. The summed E-state index contributed by atoms with van der Waals surface area (Å²) < 4.78 is 11.8. The number of esters is 2. The van der Waals surface area contributed by atoms with Crippen molar-refractivity contribution >= 4 is 11.9 Å². The predicted molar refractivity (Wildman–Crippen MR) is 62.2 cm³/mol. The van der Waals surface area contributed by atoms with E-state index >= 15 is 0 Å². The molecular formula is C10H12N6O4. The van der Waals surface area contributed by atoms with Crippen LogP contribution in [0.25, 0.3) is 0 Å². The zero-order chi connectivity index (χ0) is 14.5. The highest BCUT2D eigenvalue weighted by Crippen LogP contribution is 2.24. The van der Waals surface area contributed by atoms with E-state index in [0.29, 0.717) is 0 Å². The van der Waals surface area contributed by atoms with Crippen LogP contribution in [0.3, 0.4) is 0 Å². The fourth-order valence-corrected chi connectivity index (χ4v) is 1.73. The van der Waals surface area contributed by atoms with Crippen molar-refractivity contribution in [2.45, 2.75) is 12.1 Å². The van der Waals surface area contributed by atoms with Crippen LogP contribution in [0.2, 0.25) is 0 Å². The normalized spacial score (nSPS) is 13.5. The lowest BCUT2D eigenvalue weighted by Gasteiger charge is -2.22. The minimum atomic E-state index is -1.10. The number of carbonyl (C=O) groups excluding carboxylic acids is 2. The van der Waals surface area contributed by atoms with Crippen molar-refractivity contribution in [2.75, 3.05) is 14.2 Å². The number of methoxy groups -OCH3 is 2. The van der Waals surface area contributed by atoms with Gasteiger partial charge in [-0.1, -0.05) is 0 Å². The lowest BCUT2D eigenvalue weighted by atomic mass is 10.1. The minimum absolute atomic E-state index is 0.679. The van der Waals surface area contributed by atoms with Crippen molar-refractivity contribution in [3.05, 3.63) is 25.3 Å². The second-order valence-corrected chi connectivity index (χ2v) is 3.69. The Bertz CT molecular complexity index is 514. The molecule has 0 saturated heterocycles. The van der Waals surface area contributed by atoms with E-state index in [2.05, 4.69) is 20.2 Å². The Morgan fingerprint density at radius 2 is 1.30 bits per heavy atom. The molecule has 0 radical (unpaired) electrons. The molecule has 2 aromatic heterocycles. The molecule has 0 aliphatic rings. The Morgan fingerprint density at radius 3 is 1.55 bits per heavy atom. The van der Waals surface area contributed by atoms with Gasteiger partial charge in [0, 0.05) is 0 Å². The molecule has 106 valence electrons. The van der Waals surface area contributed by atoms with Gasteiger partial charge < -0.3 is 9.47 Å². The van der Waals surface area contributed by atoms with Crippen LogP contribution in [0.5, 0.6) is 0 Å². The van der Waals surface area contributed by atoms with Gasteiger partial charge in [0.15, 0.2) is 12.1 Å². The summed E-state index contributed by atoms with van der Waals surface area (Å²) in [4.78, 5) is 31.5. The van der Waals surface area contributed by atoms with E-state index in [1.807, 2.05) is 0 Å². The molecule has 10 heteroatoms. The number of hydrogen-bond donors (Lipinski definition) is 0. The topological polar surface area (TPSA) is 114 Å². The molecule has 0 spiro atoms. The number of carbonyl (C=O) groups is 2. The van der Waals surface area contributed by atoms with Crippen LogP contribution < -0.4 is 0 Å². The highest BCUT2D eigenvalue weighted by atomic mass is 16.5. The zero-order valence-corrected chi connectivity index (χ0v) is 10.8. The quantitative estimate of drug-likeness (QED) is 0.640. The first-order valence-corrected chi connectivity index (χ1v) is 5.53. The van der Waals surface area contributed by atoms with E-state index in [1.54, 1.807) is 0 Å². The summed E-state index contributed by atoms with van der Waals surface area (Å²) in [6.07, 6.45) is 5.08. The highest BCUT2D eigenvalue weighted by molar-refractivity contribution is 5.84. The van der Waals surface area contributed by atoms with Crippen molar-refractivity contribution in [1.29, 1.82) is 0 Å². The molecule has 2 rings (SSSR count). The molecule has 2 heterocycles.